The highest BCUT2D eigenvalue weighted by Crippen LogP contribution is 2.38. The molecule has 1 amide bonds. The number of anilines is 1. The van der Waals surface area contributed by atoms with Gasteiger partial charge in [-0.1, -0.05) is 11.6 Å². The fourth-order valence-corrected chi connectivity index (χ4v) is 2.22. The Labute approximate surface area is 118 Å². The van der Waals surface area contributed by atoms with Crippen LogP contribution in [0.2, 0.25) is 5.02 Å². The highest BCUT2D eigenvalue weighted by atomic mass is 35.5. The third-order valence-corrected chi connectivity index (χ3v) is 3.35. The number of nitrogens with one attached hydrogen (secondary N) is 1. The summed E-state index contributed by atoms with van der Waals surface area (Å²) in [4.78, 5) is 12.9. The molecule has 1 saturated heterocycles. The Morgan fingerprint density at radius 3 is 2.45 bits per heavy atom. The van der Waals surface area contributed by atoms with E-state index in [2.05, 4.69) is 5.32 Å². The van der Waals surface area contributed by atoms with Crippen molar-refractivity contribution in [2.45, 2.75) is 31.9 Å². The van der Waals surface area contributed by atoms with Crippen molar-refractivity contribution in [3.05, 3.63) is 28.8 Å². The molecule has 1 aliphatic heterocycles. The molecule has 1 atom stereocenters. The van der Waals surface area contributed by atoms with Crippen molar-refractivity contribution in [1.29, 1.82) is 0 Å². The summed E-state index contributed by atoms with van der Waals surface area (Å²) in [5, 5.41) is 11.9. The first kappa shape index (κ1) is 15.1. The van der Waals surface area contributed by atoms with Crippen LogP contribution in [0.1, 0.15) is 19.4 Å². The molecule has 1 unspecified atom stereocenters. The Morgan fingerprint density at radius 2 is 2.00 bits per heavy atom. The molecule has 1 heterocycles. The largest absolute Gasteiger partial charge is 0.417 e. The number of carbonyl (C=O) groups excluding carboxylic acids is 1. The molecule has 1 aromatic rings. The topological polar surface area (TPSA) is 52.6 Å². The van der Waals surface area contributed by atoms with Crippen LogP contribution in [0, 0.1) is 0 Å². The van der Waals surface area contributed by atoms with Crippen LogP contribution in [0.4, 0.5) is 18.9 Å². The van der Waals surface area contributed by atoms with E-state index < -0.39 is 34.6 Å². The lowest BCUT2D eigenvalue weighted by molar-refractivity contribution is -0.137. The van der Waals surface area contributed by atoms with Crippen LogP contribution in [-0.2, 0) is 11.0 Å². The van der Waals surface area contributed by atoms with Crippen LogP contribution in [0.3, 0.4) is 0 Å². The number of hydrogen-bond donors (Lipinski definition) is 2. The maximum atomic E-state index is 12.8. The van der Waals surface area contributed by atoms with Crippen LogP contribution in [0.25, 0.3) is 0 Å². The summed E-state index contributed by atoms with van der Waals surface area (Å²) < 4.78 is 38.4. The van der Waals surface area contributed by atoms with Crippen LogP contribution in [0.5, 0.6) is 0 Å². The molecule has 20 heavy (non-hydrogen) atoms. The van der Waals surface area contributed by atoms with E-state index in [4.69, 9.17) is 11.6 Å². The fraction of sp³-hybridized carbons (Fsp3) is 0.417. The van der Waals surface area contributed by atoms with Crippen molar-refractivity contribution in [1.82, 2.24) is 5.32 Å². The van der Waals surface area contributed by atoms with E-state index in [0.29, 0.717) is 0 Å². The fourth-order valence-electron chi connectivity index (χ4n) is 2.00. The predicted molar refractivity (Wildman–Crippen MR) is 67.2 cm³/mol. The van der Waals surface area contributed by atoms with Gasteiger partial charge in [0.25, 0.3) is 0 Å². The summed E-state index contributed by atoms with van der Waals surface area (Å²) in [6.07, 6.45) is -6.02. The Kier molecular flexibility index (Phi) is 3.48. The maximum Gasteiger partial charge on any atom is 0.417 e. The van der Waals surface area contributed by atoms with Gasteiger partial charge in [-0.05, 0) is 32.0 Å². The summed E-state index contributed by atoms with van der Waals surface area (Å²) in [5.41, 5.74) is -2.18. The molecule has 110 valence electrons. The minimum atomic E-state index is -4.64. The van der Waals surface area contributed by atoms with E-state index in [0.717, 1.165) is 17.0 Å². The molecule has 4 nitrogen and oxygen atoms in total. The Morgan fingerprint density at radius 1 is 1.40 bits per heavy atom. The highest BCUT2D eigenvalue weighted by molar-refractivity contribution is 6.31. The Hall–Kier alpha value is -1.31. The van der Waals surface area contributed by atoms with Gasteiger partial charge in [-0.2, -0.15) is 13.2 Å². The first-order valence-corrected chi connectivity index (χ1v) is 6.08. The highest BCUT2D eigenvalue weighted by Gasteiger charge is 2.45. The number of alkyl halides is 3. The third-order valence-electron chi connectivity index (χ3n) is 3.02. The zero-order valence-corrected chi connectivity index (χ0v) is 11.4. The molecule has 0 saturated carbocycles. The monoisotopic (exact) mass is 308 g/mol. The van der Waals surface area contributed by atoms with Crippen LogP contribution < -0.4 is 10.2 Å². The van der Waals surface area contributed by atoms with Gasteiger partial charge < -0.3 is 5.11 Å². The summed E-state index contributed by atoms with van der Waals surface area (Å²) in [7, 11) is 0. The van der Waals surface area contributed by atoms with Gasteiger partial charge in [0.05, 0.1) is 16.1 Å². The maximum absolute atomic E-state index is 12.8. The Balaban J connectivity index is 2.47. The lowest BCUT2D eigenvalue weighted by Crippen LogP contribution is -2.41. The molecule has 2 N–H and O–H groups in total. The van der Waals surface area contributed by atoms with Gasteiger partial charge in [-0.25, -0.2) is 0 Å². The first-order chi connectivity index (χ1) is 9.04. The summed E-state index contributed by atoms with van der Waals surface area (Å²) >= 11 is 5.51. The molecule has 0 aromatic heterocycles. The van der Waals surface area contributed by atoms with Gasteiger partial charge in [0.15, 0.2) is 6.35 Å². The summed E-state index contributed by atoms with van der Waals surface area (Å²) in [6.45, 7) is 3.05. The van der Waals surface area contributed by atoms with Gasteiger partial charge in [-0.15, -0.1) is 0 Å². The Bertz CT molecular complexity index is 560. The minimum absolute atomic E-state index is 0.0719. The number of aliphatic hydroxyl groups is 1. The lowest BCUT2D eigenvalue weighted by atomic mass is 10.1. The smallest absolute Gasteiger partial charge is 0.360 e. The van der Waals surface area contributed by atoms with E-state index >= 15 is 0 Å². The standard InChI is InChI=1S/C12H12ClF3N2O2/c1-11(2)9(19)18(10(20)17-11)6-3-4-8(13)7(5-6)12(14,15)16/h3-5,10,17,20H,1-2H3. The minimum Gasteiger partial charge on any atom is -0.360 e. The molecule has 0 spiro atoms. The van der Waals surface area contributed by atoms with E-state index in [1.165, 1.54) is 19.9 Å². The molecular weight excluding hydrogens is 297 g/mol. The molecule has 0 bridgehead atoms. The number of amides is 1. The van der Waals surface area contributed by atoms with Crippen LogP contribution >= 0.6 is 11.6 Å². The average Bonchev–Trinajstić information content (AvgIpc) is 2.48. The quantitative estimate of drug-likeness (QED) is 0.837. The first-order valence-electron chi connectivity index (χ1n) is 5.70. The van der Waals surface area contributed by atoms with E-state index in [9.17, 15) is 23.1 Å². The van der Waals surface area contributed by atoms with Crippen LogP contribution in [-0.4, -0.2) is 22.9 Å². The van der Waals surface area contributed by atoms with Gasteiger partial charge in [0.2, 0.25) is 5.91 Å². The van der Waals surface area contributed by atoms with E-state index in [1.807, 2.05) is 0 Å². The van der Waals surface area contributed by atoms with Gasteiger partial charge in [-0.3, -0.25) is 15.0 Å². The third kappa shape index (κ3) is 2.48. The number of hydrogen-bond acceptors (Lipinski definition) is 3. The zero-order valence-electron chi connectivity index (χ0n) is 10.6. The lowest BCUT2D eigenvalue weighted by Gasteiger charge is -2.21. The molecule has 1 aromatic carbocycles. The SMILES string of the molecule is CC1(C)NC(O)N(c2ccc(Cl)c(C(F)(F)F)c2)C1=O. The number of benzene rings is 1. The van der Waals surface area contributed by atoms with E-state index in [1.54, 1.807) is 0 Å². The number of carbonyl (C=O) groups is 1. The molecule has 1 aliphatic rings. The summed E-state index contributed by atoms with van der Waals surface area (Å²) in [6, 6.07) is 3.04. The molecule has 2 rings (SSSR count). The zero-order chi connectivity index (χ0) is 15.3. The van der Waals surface area contributed by atoms with Gasteiger partial charge in [0.1, 0.15) is 0 Å². The van der Waals surface area contributed by atoms with Crippen molar-refractivity contribution >= 4 is 23.2 Å². The number of rotatable bonds is 1. The summed E-state index contributed by atoms with van der Waals surface area (Å²) in [5.74, 6) is -0.527. The molecule has 0 aliphatic carbocycles. The van der Waals surface area contributed by atoms with Crippen molar-refractivity contribution in [3.8, 4) is 0 Å². The average molecular weight is 309 g/mol. The number of aliphatic hydroxyl groups excluding tert-OH is 1. The number of halogens is 4. The van der Waals surface area contributed by atoms with Crippen molar-refractivity contribution in [3.63, 3.8) is 0 Å². The van der Waals surface area contributed by atoms with Gasteiger partial charge in [0, 0.05) is 5.69 Å². The molecule has 8 heteroatoms. The molecule has 1 fully saturated rings. The molecule has 0 radical (unpaired) electrons. The normalized spacial score (nSPS) is 22.4. The molecular formula is C12H12ClF3N2O2. The van der Waals surface area contributed by atoms with Crippen molar-refractivity contribution in [2.75, 3.05) is 4.90 Å². The van der Waals surface area contributed by atoms with Crippen molar-refractivity contribution < 1.29 is 23.1 Å². The van der Waals surface area contributed by atoms with Gasteiger partial charge >= 0.3 is 6.18 Å². The van der Waals surface area contributed by atoms with Crippen molar-refractivity contribution in [2.24, 2.45) is 0 Å². The van der Waals surface area contributed by atoms with E-state index in [-0.39, 0.29) is 5.69 Å². The second-order valence-electron chi connectivity index (χ2n) is 4.98. The second kappa shape index (κ2) is 4.61. The predicted octanol–water partition coefficient (Wildman–Crippen LogP) is 2.35. The van der Waals surface area contributed by atoms with Crippen LogP contribution in [0.15, 0.2) is 18.2 Å². The number of nitrogens with zero attached hydrogens (tertiary/aromatic N) is 1. The second-order valence-corrected chi connectivity index (χ2v) is 5.39.